The minimum absolute atomic E-state index is 0.0530. The van der Waals surface area contributed by atoms with Crippen molar-refractivity contribution in [3.05, 3.63) is 182 Å². The van der Waals surface area contributed by atoms with Crippen LogP contribution in [0.4, 0.5) is 0 Å². The number of nitrogens with zero attached hydrogens (tertiary/aromatic N) is 3. The third-order valence-electron chi connectivity index (χ3n) is 11.5. The van der Waals surface area contributed by atoms with Crippen LogP contribution in [0.1, 0.15) is 0 Å². The summed E-state index contributed by atoms with van der Waals surface area (Å²) in [5, 5.41) is 7.62. The van der Waals surface area contributed by atoms with Crippen LogP contribution in [0, 0.1) is 0 Å². The van der Waals surface area contributed by atoms with Crippen LogP contribution in [0.25, 0.3) is 82.5 Å². The first-order chi connectivity index (χ1) is 25.9. The highest BCUT2D eigenvalue weighted by Gasteiger charge is 2.37. The van der Waals surface area contributed by atoms with E-state index in [9.17, 15) is 0 Å². The predicted octanol–water partition coefficient (Wildman–Crippen LogP) is 9.81. The molecule has 0 saturated heterocycles. The lowest BCUT2D eigenvalue weighted by atomic mass is 9.35. The number of para-hydroxylation sites is 7. The van der Waals surface area contributed by atoms with E-state index in [-0.39, 0.29) is 6.71 Å². The molecule has 0 amide bonds. The molecule has 8 aromatic carbocycles. The normalized spacial score (nSPS) is 12.6. The predicted molar refractivity (Wildman–Crippen MR) is 221 cm³/mol. The third-order valence-corrected chi connectivity index (χ3v) is 11.5. The number of benzene rings is 8. The zero-order chi connectivity index (χ0) is 33.9. The summed E-state index contributed by atoms with van der Waals surface area (Å²) in [5.74, 6) is 0. The number of hydrogen-bond donors (Lipinski definition) is 0. The zero-order valence-electron chi connectivity index (χ0n) is 28.2. The zero-order valence-corrected chi connectivity index (χ0v) is 28.2. The largest absolute Gasteiger partial charge is 0.310 e. The van der Waals surface area contributed by atoms with Gasteiger partial charge in [0.25, 0.3) is 6.71 Å². The maximum Gasteiger partial charge on any atom is 0.252 e. The van der Waals surface area contributed by atoms with Crippen LogP contribution in [0.2, 0.25) is 0 Å². The molecule has 52 heavy (non-hydrogen) atoms. The van der Waals surface area contributed by atoms with Crippen molar-refractivity contribution in [2.24, 2.45) is 0 Å². The Balaban J connectivity index is 1.31. The molecule has 1 aliphatic heterocycles. The van der Waals surface area contributed by atoms with Gasteiger partial charge in [-0.05, 0) is 64.9 Å². The fraction of sp³-hybridized carbons (Fsp3) is 0. The van der Waals surface area contributed by atoms with Crippen molar-refractivity contribution in [3.63, 3.8) is 0 Å². The molecule has 0 aliphatic carbocycles. The Morgan fingerprint density at radius 2 is 0.615 bits per heavy atom. The fourth-order valence-corrected chi connectivity index (χ4v) is 9.53. The molecule has 4 heteroatoms. The van der Waals surface area contributed by atoms with Crippen molar-refractivity contribution >= 4 is 88.5 Å². The van der Waals surface area contributed by atoms with Crippen LogP contribution < -0.4 is 16.4 Å². The first-order valence-corrected chi connectivity index (χ1v) is 18.1. The van der Waals surface area contributed by atoms with Gasteiger partial charge in [-0.2, -0.15) is 0 Å². The SMILES string of the molecule is c1ccc2c(c1)B(c1c(-n3c4ccccc4c4ccccc43)cccc1-n1c3ccccc3c3ccccc31)c1cccc3c4ccccc4n-2c13. The molecular formula is C48H30BN3. The maximum absolute atomic E-state index is 2.52. The van der Waals surface area contributed by atoms with Gasteiger partial charge < -0.3 is 13.7 Å². The lowest BCUT2D eigenvalue weighted by molar-refractivity contribution is 1.15. The molecule has 11 aromatic rings. The van der Waals surface area contributed by atoms with Gasteiger partial charge in [0.2, 0.25) is 0 Å². The summed E-state index contributed by atoms with van der Waals surface area (Å²) in [7, 11) is 0. The van der Waals surface area contributed by atoms with Gasteiger partial charge in [-0.1, -0.05) is 133 Å². The van der Waals surface area contributed by atoms with Crippen LogP contribution in [0.5, 0.6) is 0 Å². The highest BCUT2D eigenvalue weighted by Crippen LogP contribution is 2.37. The second-order valence-electron chi connectivity index (χ2n) is 14.0. The van der Waals surface area contributed by atoms with Crippen molar-refractivity contribution in [1.82, 2.24) is 13.7 Å². The molecule has 12 rings (SSSR count). The van der Waals surface area contributed by atoms with Gasteiger partial charge in [-0.3, -0.25) is 0 Å². The number of hydrogen-bond acceptors (Lipinski definition) is 0. The van der Waals surface area contributed by atoms with E-state index in [1.807, 2.05) is 0 Å². The number of aromatic nitrogens is 3. The Morgan fingerprint density at radius 1 is 0.269 bits per heavy atom. The second-order valence-corrected chi connectivity index (χ2v) is 14.0. The van der Waals surface area contributed by atoms with E-state index in [0.717, 1.165) is 0 Å². The molecule has 0 bridgehead atoms. The van der Waals surface area contributed by atoms with Gasteiger partial charge >= 0.3 is 0 Å². The monoisotopic (exact) mass is 659 g/mol. The maximum atomic E-state index is 2.52. The van der Waals surface area contributed by atoms with Gasteiger partial charge in [0.1, 0.15) is 0 Å². The Bertz CT molecular complexity index is 3030. The molecule has 0 saturated carbocycles. The average molecular weight is 660 g/mol. The number of rotatable bonds is 3. The molecule has 0 radical (unpaired) electrons. The fourth-order valence-electron chi connectivity index (χ4n) is 9.53. The van der Waals surface area contributed by atoms with Crippen molar-refractivity contribution < 1.29 is 0 Å². The van der Waals surface area contributed by atoms with Gasteiger partial charge in [-0.25, -0.2) is 0 Å². The minimum atomic E-state index is -0.0530. The highest BCUT2D eigenvalue weighted by molar-refractivity contribution is 6.99. The molecule has 0 N–H and O–H groups in total. The summed E-state index contributed by atoms with van der Waals surface area (Å²) in [6.45, 7) is -0.0530. The van der Waals surface area contributed by atoms with Gasteiger partial charge in [0.05, 0.1) is 27.6 Å². The van der Waals surface area contributed by atoms with Gasteiger partial charge in [0.15, 0.2) is 0 Å². The molecule has 0 fully saturated rings. The Morgan fingerprint density at radius 3 is 1.13 bits per heavy atom. The van der Waals surface area contributed by atoms with Crippen LogP contribution in [-0.4, -0.2) is 20.4 Å². The van der Waals surface area contributed by atoms with Crippen molar-refractivity contribution in [1.29, 1.82) is 0 Å². The quantitative estimate of drug-likeness (QED) is 0.168. The van der Waals surface area contributed by atoms with E-state index in [1.54, 1.807) is 0 Å². The second kappa shape index (κ2) is 10.4. The first kappa shape index (κ1) is 28.0. The smallest absolute Gasteiger partial charge is 0.252 e. The topological polar surface area (TPSA) is 14.8 Å². The van der Waals surface area contributed by atoms with Gasteiger partial charge in [-0.15, -0.1) is 0 Å². The lowest BCUT2D eigenvalue weighted by Gasteiger charge is -2.30. The molecule has 240 valence electrons. The van der Waals surface area contributed by atoms with Crippen LogP contribution in [-0.2, 0) is 0 Å². The Labute approximate surface area is 300 Å². The Hall–Kier alpha value is -6.78. The van der Waals surface area contributed by atoms with Gasteiger partial charge in [0, 0.05) is 54.9 Å². The molecular weight excluding hydrogens is 629 g/mol. The minimum Gasteiger partial charge on any atom is -0.310 e. The highest BCUT2D eigenvalue weighted by atomic mass is 15.0. The summed E-state index contributed by atoms with van der Waals surface area (Å²) < 4.78 is 7.55. The molecule has 0 atom stereocenters. The van der Waals surface area contributed by atoms with Crippen LogP contribution in [0.15, 0.2) is 182 Å². The molecule has 3 aromatic heterocycles. The van der Waals surface area contributed by atoms with E-state index >= 15 is 0 Å². The standard InChI is InChI=1S/C48H30BN3/c1-7-23-39-31(15-1)32-16-2-8-24-40(32)50(39)45-29-14-30-46(51-41-25-9-3-17-33(41)34-18-4-10-26-42(34)51)47(45)49-37-21-6-12-28-44(37)52-43-27-11-5-19-35(43)36-20-13-22-38(49)48(36)52/h1-30H. The summed E-state index contributed by atoms with van der Waals surface area (Å²) in [6, 6.07) is 67.3. The van der Waals surface area contributed by atoms with Crippen LogP contribution >= 0.6 is 0 Å². The average Bonchev–Trinajstić information content (AvgIpc) is 3.85. The summed E-state index contributed by atoms with van der Waals surface area (Å²) in [6.07, 6.45) is 0. The van der Waals surface area contributed by atoms with E-state index in [0.29, 0.717) is 0 Å². The number of fused-ring (bicyclic) bond motifs is 11. The third kappa shape index (κ3) is 3.56. The molecule has 3 nitrogen and oxygen atoms in total. The lowest BCUT2D eigenvalue weighted by Crippen LogP contribution is -2.57. The van der Waals surface area contributed by atoms with Crippen LogP contribution in [0.3, 0.4) is 0 Å². The Kier molecular flexibility index (Phi) is 5.58. The molecule has 4 heterocycles. The molecule has 1 aliphatic rings. The van der Waals surface area contributed by atoms with Crippen molar-refractivity contribution in [2.75, 3.05) is 0 Å². The summed E-state index contributed by atoms with van der Waals surface area (Å²) >= 11 is 0. The summed E-state index contributed by atoms with van der Waals surface area (Å²) in [5.41, 5.74) is 14.9. The first-order valence-electron chi connectivity index (χ1n) is 18.1. The van der Waals surface area contributed by atoms with E-state index < -0.39 is 0 Å². The molecule has 0 spiro atoms. The van der Waals surface area contributed by atoms with Crippen molar-refractivity contribution in [2.45, 2.75) is 0 Å². The van der Waals surface area contributed by atoms with E-state index in [4.69, 9.17) is 0 Å². The van der Waals surface area contributed by atoms with Crippen molar-refractivity contribution in [3.8, 4) is 17.1 Å². The van der Waals surface area contributed by atoms with E-state index in [1.165, 1.54) is 98.9 Å². The van der Waals surface area contributed by atoms with E-state index in [2.05, 4.69) is 196 Å². The summed E-state index contributed by atoms with van der Waals surface area (Å²) in [4.78, 5) is 0. The molecule has 0 unspecified atom stereocenters.